The summed E-state index contributed by atoms with van der Waals surface area (Å²) in [4.78, 5) is 12.5. The third kappa shape index (κ3) is 3.58. The maximum atomic E-state index is 12.5. The summed E-state index contributed by atoms with van der Waals surface area (Å²) in [6, 6.07) is 0. The molecule has 0 spiro atoms. The third-order valence-electron chi connectivity index (χ3n) is 11.6. The molecule has 0 amide bonds. The Morgan fingerprint density at radius 2 is 1.70 bits per heavy atom. The Bertz CT molecular complexity index is 862. The van der Waals surface area contributed by atoms with E-state index in [4.69, 9.17) is 0 Å². The van der Waals surface area contributed by atoms with Gasteiger partial charge in [-0.2, -0.15) is 0 Å². The number of hydrogen-bond acceptors (Lipinski definition) is 2. The standard InChI is InChI=1S/C30H48O3/c1-19(2)9-8-10-20(26(32)33)21-13-17-30(7)23-11-12-24-27(3,4)25(31)15-16-28(24,5)22(23)14-18-29(21,30)6/h9,20-21,24-25,31H,8,10-18H2,1-7H3,(H,32,33)/t20-,21-,24-,25+,28+,29-,30+/m0/s1. The summed E-state index contributed by atoms with van der Waals surface area (Å²) in [7, 11) is 0. The van der Waals surface area contributed by atoms with Gasteiger partial charge < -0.3 is 10.2 Å². The molecule has 0 aromatic heterocycles. The van der Waals surface area contributed by atoms with Crippen LogP contribution >= 0.6 is 0 Å². The van der Waals surface area contributed by atoms with Crippen molar-refractivity contribution >= 4 is 5.97 Å². The van der Waals surface area contributed by atoms with Crippen LogP contribution in [0.1, 0.15) is 113 Å². The first-order valence-corrected chi connectivity index (χ1v) is 13.6. The maximum absolute atomic E-state index is 12.5. The van der Waals surface area contributed by atoms with Crippen LogP contribution in [-0.4, -0.2) is 22.3 Å². The fourth-order valence-corrected chi connectivity index (χ4v) is 9.41. The summed E-state index contributed by atoms with van der Waals surface area (Å²) >= 11 is 0. The molecule has 2 N–H and O–H groups in total. The molecule has 186 valence electrons. The quantitative estimate of drug-likeness (QED) is 0.420. The van der Waals surface area contributed by atoms with E-state index < -0.39 is 5.97 Å². The zero-order valence-corrected chi connectivity index (χ0v) is 22.3. The number of carboxylic acid groups (broad SMARTS) is 1. The Kier molecular flexibility index (Phi) is 6.25. The predicted molar refractivity (Wildman–Crippen MR) is 135 cm³/mol. The molecule has 0 saturated heterocycles. The summed E-state index contributed by atoms with van der Waals surface area (Å²) in [6.45, 7) is 16.2. The average Bonchev–Trinajstić information content (AvgIpc) is 3.00. The summed E-state index contributed by atoms with van der Waals surface area (Å²) in [5.74, 6) is -0.0420. The van der Waals surface area contributed by atoms with Gasteiger partial charge in [0.05, 0.1) is 12.0 Å². The topological polar surface area (TPSA) is 57.5 Å². The largest absolute Gasteiger partial charge is 0.481 e. The van der Waals surface area contributed by atoms with Gasteiger partial charge in [0.1, 0.15) is 0 Å². The number of carboxylic acids is 1. The van der Waals surface area contributed by atoms with Crippen LogP contribution in [0.2, 0.25) is 0 Å². The van der Waals surface area contributed by atoms with Crippen molar-refractivity contribution < 1.29 is 15.0 Å². The lowest BCUT2D eigenvalue weighted by atomic mass is 9.43. The summed E-state index contributed by atoms with van der Waals surface area (Å²) < 4.78 is 0. The van der Waals surface area contributed by atoms with Crippen LogP contribution in [0.4, 0.5) is 0 Å². The number of hydrogen-bond donors (Lipinski definition) is 2. The van der Waals surface area contributed by atoms with Crippen LogP contribution in [0.15, 0.2) is 22.8 Å². The number of aliphatic hydroxyl groups excluding tert-OH is 1. The Morgan fingerprint density at radius 3 is 2.33 bits per heavy atom. The number of aliphatic hydroxyl groups is 1. The molecule has 0 aromatic carbocycles. The molecular weight excluding hydrogens is 408 g/mol. The minimum atomic E-state index is -0.592. The lowest BCUT2D eigenvalue weighted by Crippen LogP contribution is -2.55. The summed E-state index contributed by atoms with van der Waals surface area (Å²) in [5.41, 5.74) is 5.00. The molecule has 3 nitrogen and oxygen atoms in total. The summed E-state index contributed by atoms with van der Waals surface area (Å²) in [5, 5.41) is 21.0. The molecule has 0 aliphatic heterocycles. The zero-order chi connectivity index (χ0) is 24.4. The van der Waals surface area contributed by atoms with Gasteiger partial charge >= 0.3 is 5.97 Å². The van der Waals surface area contributed by atoms with Crippen molar-refractivity contribution in [1.82, 2.24) is 0 Å². The molecule has 0 bridgehead atoms. The van der Waals surface area contributed by atoms with Gasteiger partial charge in [-0.3, -0.25) is 4.79 Å². The van der Waals surface area contributed by atoms with Gasteiger partial charge in [-0.1, -0.05) is 57.4 Å². The van der Waals surface area contributed by atoms with E-state index in [9.17, 15) is 15.0 Å². The maximum Gasteiger partial charge on any atom is 0.306 e. The predicted octanol–water partition coefficient (Wildman–Crippen LogP) is 7.54. The van der Waals surface area contributed by atoms with Gasteiger partial charge in [0, 0.05) is 0 Å². The van der Waals surface area contributed by atoms with Gasteiger partial charge in [0.25, 0.3) is 0 Å². The molecule has 4 aliphatic carbocycles. The first-order chi connectivity index (χ1) is 15.3. The molecule has 2 saturated carbocycles. The van der Waals surface area contributed by atoms with Gasteiger partial charge in [-0.15, -0.1) is 0 Å². The van der Waals surface area contributed by atoms with Crippen LogP contribution in [0, 0.1) is 39.4 Å². The lowest BCUT2D eigenvalue weighted by molar-refractivity contribution is -0.146. The minimum absolute atomic E-state index is 0.0370. The van der Waals surface area contributed by atoms with Crippen LogP contribution < -0.4 is 0 Å². The molecule has 0 heterocycles. The molecule has 33 heavy (non-hydrogen) atoms. The molecular formula is C30H48O3. The molecule has 0 radical (unpaired) electrons. The third-order valence-corrected chi connectivity index (χ3v) is 11.6. The number of rotatable bonds is 5. The van der Waals surface area contributed by atoms with E-state index in [0.717, 1.165) is 57.8 Å². The van der Waals surface area contributed by atoms with Gasteiger partial charge in [-0.05, 0) is 112 Å². The van der Waals surface area contributed by atoms with Gasteiger partial charge in [0.2, 0.25) is 0 Å². The first-order valence-electron chi connectivity index (χ1n) is 13.6. The average molecular weight is 457 g/mol. The Morgan fingerprint density at radius 1 is 1.00 bits per heavy atom. The molecule has 3 heteroatoms. The highest BCUT2D eigenvalue weighted by Gasteiger charge is 2.64. The highest BCUT2D eigenvalue weighted by Crippen LogP contribution is 2.72. The second kappa shape index (κ2) is 8.25. The van der Waals surface area contributed by atoms with Crippen molar-refractivity contribution in [3.63, 3.8) is 0 Å². The number of allylic oxidation sites excluding steroid dienone is 4. The minimum Gasteiger partial charge on any atom is -0.481 e. The van der Waals surface area contributed by atoms with Crippen molar-refractivity contribution in [2.24, 2.45) is 39.4 Å². The number of aliphatic carboxylic acids is 1. The van der Waals surface area contributed by atoms with E-state index in [1.54, 1.807) is 11.1 Å². The van der Waals surface area contributed by atoms with Crippen molar-refractivity contribution in [1.29, 1.82) is 0 Å². The fraction of sp³-hybridized carbons (Fsp3) is 0.833. The Labute approximate surface area is 202 Å². The van der Waals surface area contributed by atoms with E-state index in [-0.39, 0.29) is 39.6 Å². The normalized spacial score (nSPS) is 42.7. The van der Waals surface area contributed by atoms with Crippen LogP contribution in [0.3, 0.4) is 0 Å². The molecule has 2 fully saturated rings. The second-order valence-electron chi connectivity index (χ2n) is 13.5. The SMILES string of the molecule is CC(C)=CCC[C@H](C(=O)O)[C@@H]1CC[C@]2(C)C3=C(CC[C@@]12C)[C@@]1(C)CC[C@@H](O)C(C)(C)[C@@H]1CC3. The monoisotopic (exact) mass is 456 g/mol. The van der Waals surface area contributed by atoms with Crippen molar-refractivity contribution in [2.75, 3.05) is 0 Å². The van der Waals surface area contributed by atoms with E-state index in [1.807, 2.05) is 0 Å². The number of carbonyl (C=O) groups is 1. The fourth-order valence-electron chi connectivity index (χ4n) is 9.41. The smallest absolute Gasteiger partial charge is 0.306 e. The van der Waals surface area contributed by atoms with E-state index in [2.05, 4.69) is 54.5 Å². The number of fused-ring (bicyclic) bond motifs is 4. The molecule has 4 rings (SSSR count). The summed E-state index contributed by atoms with van der Waals surface area (Å²) in [6.07, 6.45) is 12.3. The van der Waals surface area contributed by atoms with Crippen LogP contribution in [0.5, 0.6) is 0 Å². The van der Waals surface area contributed by atoms with Crippen molar-refractivity contribution in [3.8, 4) is 0 Å². The van der Waals surface area contributed by atoms with E-state index in [1.165, 1.54) is 12.0 Å². The molecule has 4 aliphatic rings. The molecule has 0 aromatic rings. The second-order valence-corrected chi connectivity index (χ2v) is 13.5. The van der Waals surface area contributed by atoms with Crippen molar-refractivity contribution in [3.05, 3.63) is 22.8 Å². The first kappa shape index (κ1) is 25.0. The Balaban J connectivity index is 1.69. The highest BCUT2D eigenvalue weighted by molar-refractivity contribution is 5.70. The lowest BCUT2D eigenvalue weighted by Gasteiger charge is -2.62. The van der Waals surface area contributed by atoms with Gasteiger partial charge in [0.15, 0.2) is 0 Å². The van der Waals surface area contributed by atoms with E-state index >= 15 is 0 Å². The Hall–Kier alpha value is -1.09. The van der Waals surface area contributed by atoms with Gasteiger partial charge in [-0.25, -0.2) is 0 Å². The molecule has 0 unspecified atom stereocenters. The van der Waals surface area contributed by atoms with Crippen molar-refractivity contribution in [2.45, 2.75) is 119 Å². The highest BCUT2D eigenvalue weighted by atomic mass is 16.4. The van der Waals surface area contributed by atoms with Crippen LogP contribution in [-0.2, 0) is 4.79 Å². The van der Waals surface area contributed by atoms with Crippen LogP contribution in [0.25, 0.3) is 0 Å². The zero-order valence-electron chi connectivity index (χ0n) is 22.3. The van der Waals surface area contributed by atoms with E-state index in [0.29, 0.717) is 5.92 Å². The molecule has 7 atom stereocenters.